The van der Waals surface area contributed by atoms with Crippen LogP contribution in [-0.2, 0) is 0 Å². The van der Waals surface area contributed by atoms with Crippen molar-refractivity contribution in [2.24, 2.45) is 0 Å². The zero-order valence-electron chi connectivity index (χ0n) is 5.41. The molecule has 0 aromatic carbocycles. The van der Waals surface area contributed by atoms with Crippen molar-refractivity contribution in [1.82, 2.24) is 4.98 Å². The zero-order chi connectivity index (χ0) is 6.69. The Balaban J connectivity index is 2.85. The number of aromatic nitrogens is 1. The molecule has 0 bridgehead atoms. The molecule has 2 heteroatoms. The number of rotatable bonds is 1. The van der Waals surface area contributed by atoms with Gasteiger partial charge >= 0.3 is 0 Å². The summed E-state index contributed by atoms with van der Waals surface area (Å²) in [6, 6.07) is 3.82. The highest BCUT2D eigenvalue weighted by Crippen LogP contribution is 2.06. The van der Waals surface area contributed by atoms with Gasteiger partial charge in [0.05, 0.1) is 0 Å². The zero-order valence-corrected chi connectivity index (χ0v) is 5.41. The Morgan fingerprint density at radius 3 is 2.33 bits per heavy atom. The van der Waals surface area contributed by atoms with Gasteiger partial charge in [0.15, 0.2) is 0 Å². The molecule has 1 aromatic rings. The van der Waals surface area contributed by atoms with Crippen LogP contribution < -0.4 is 4.90 Å². The Hall–Kier alpha value is -1.05. The van der Waals surface area contributed by atoms with E-state index in [2.05, 4.69) is 12.0 Å². The molecular weight excluding hydrogens is 112 g/mol. The highest BCUT2D eigenvalue weighted by molar-refractivity contribution is 5.43. The Bertz CT molecular complexity index is 170. The molecule has 0 aliphatic heterocycles. The van der Waals surface area contributed by atoms with E-state index in [9.17, 15) is 0 Å². The summed E-state index contributed by atoms with van der Waals surface area (Å²) in [5.74, 6) is 0. The summed E-state index contributed by atoms with van der Waals surface area (Å²) in [7, 11) is 5.61. The molecule has 0 aliphatic carbocycles. The van der Waals surface area contributed by atoms with E-state index in [1.807, 2.05) is 19.2 Å². The molecule has 1 heterocycles. The van der Waals surface area contributed by atoms with E-state index in [1.165, 1.54) is 0 Å². The van der Waals surface area contributed by atoms with Crippen molar-refractivity contribution in [1.29, 1.82) is 0 Å². The van der Waals surface area contributed by atoms with Crippen LogP contribution in [0.4, 0.5) is 5.69 Å². The molecule has 0 fully saturated rings. The summed E-state index contributed by atoms with van der Waals surface area (Å²) in [6.45, 7) is 0. The molecule has 0 spiro atoms. The van der Waals surface area contributed by atoms with Gasteiger partial charge in [0.1, 0.15) is 0 Å². The molecule has 1 rings (SSSR count). The van der Waals surface area contributed by atoms with E-state index >= 15 is 0 Å². The van der Waals surface area contributed by atoms with E-state index in [0.29, 0.717) is 0 Å². The Morgan fingerprint density at radius 1 is 1.44 bits per heavy atom. The van der Waals surface area contributed by atoms with Crippen molar-refractivity contribution < 1.29 is 0 Å². The first kappa shape index (κ1) is 6.08. The highest BCUT2D eigenvalue weighted by Gasteiger charge is 1.88. The van der Waals surface area contributed by atoms with Gasteiger partial charge in [0, 0.05) is 32.2 Å². The van der Waals surface area contributed by atoms with Crippen LogP contribution in [0.2, 0.25) is 0 Å². The molecule has 47 valence electrons. The van der Waals surface area contributed by atoms with Crippen LogP contribution in [-0.4, -0.2) is 12.0 Å². The van der Waals surface area contributed by atoms with E-state index in [0.717, 1.165) is 5.69 Å². The lowest BCUT2D eigenvalue weighted by atomic mass is 10.4. The lowest BCUT2D eigenvalue weighted by molar-refractivity contribution is 1.18. The van der Waals surface area contributed by atoms with Crippen LogP contribution in [0.15, 0.2) is 24.5 Å². The molecule has 2 nitrogen and oxygen atoms in total. The molecule has 0 aliphatic rings. The van der Waals surface area contributed by atoms with Crippen LogP contribution in [0.25, 0.3) is 0 Å². The second kappa shape index (κ2) is 2.49. The van der Waals surface area contributed by atoms with Crippen LogP contribution in [0.5, 0.6) is 0 Å². The van der Waals surface area contributed by atoms with Crippen molar-refractivity contribution in [2.75, 3.05) is 11.9 Å². The minimum atomic E-state index is 1.07. The molecular formula is C7H9N2. The highest BCUT2D eigenvalue weighted by atomic mass is 15.1. The van der Waals surface area contributed by atoms with Gasteiger partial charge in [-0.1, -0.05) is 0 Å². The third-order valence-corrected chi connectivity index (χ3v) is 1.10. The fourth-order valence-corrected chi connectivity index (χ4v) is 0.599. The van der Waals surface area contributed by atoms with Crippen molar-refractivity contribution in [3.05, 3.63) is 31.6 Å². The molecule has 0 N–H and O–H groups in total. The largest absolute Gasteiger partial charge is 0.373 e. The van der Waals surface area contributed by atoms with Gasteiger partial charge in [0.25, 0.3) is 0 Å². The van der Waals surface area contributed by atoms with Crippen molar-refractivity contribution >= 4 is 5.69 Å². The topological polar surface area (TPSA) is 16.1 Å². The van der Waals surface area contributed by atoms with Crippen LogP contribution >= 0.6 is 0 Å². The summed E-state index contributed by atoms with van der Waals surface area (Å²) >= 11 is 0. The molecule has 0 saturated heterocycles. The van der Waals surface area contributed by atoms with Gasteiger partial charge in [-0.05, 0) is 12.1 Å². The van der Waals surface area contributed by atoms with Gasteiger partial charge < -0.3 is 4.90 Å². The van der Waals surface area contributed by atoms with Gasteiger partial charge in [-0.2, -0.15) is 0 Å². The number of hydrogen-bond acceptors (Lipinski definition) is 2. The first-order valence-corrected chi connectivity index (χ1v) is 2.75. The lowest BCUT2D eigenvalue weighted by Crippen LogP contribution is -2.04. The normalized spacial score (nSPS) is 9.11. The average molecular weight is 121 g/mol. The van der Waals surface area contributed by atoms with E-state index in [1.54, 1.807) is 17.3 Å². The molecule has 0 saturated carbocycles. The minimum Gasteiger partial charge on any atom is -0.373 e. The first-order chi connectivity index (χ1) is 4.30. The second-order valence-corrected chi connectivity index (χ2v) is 1.90. The van der Waals surface area contributed by atoms with E-state index < -0.39 is 0 Å². The van der Waals surface area contributed by atoms with Crippen LogP contribution in [0.1, 0.15) is 0 Å². The van der Waals surface area contributed by atoms with Gasteiger partial charge in [-0.3, -0.25) is 4.98 Å². The van der Waals surface area contributed by atoms with Crippen molar-refractivity contribution in [2.45, 2.75) is 0 Å². The van der Waals surface area contributed by atoms with E-state index in [-0.39, 0.29) is 0 Å². The van der Waals surface area contributed by atoms with Crippen LogP contribution in [0.3, 0.4) is 0 Å². The SMILES string of the molecule is [CH2]N(C)c1ccncc1. The van der Waals surface area contributed by atoms with Crippen molar-refractivity contribution in [3.63, 3.8) is 0 Å². The fraction of sp³-hybridized carbons (Fsp3) is 0.143. The molecule has 1 aromatic heterocycles. The third kappa shape index (κ3) is 1.42. The van der Waals surface area contributed by atoms with Gasteiger partial charge in [-0.15, -0.1) is 0 Å². The average Bonchev–Trinajstić information content (AvgIpc) is 1.90. The Labute approximate surface area is 55.1 Å². The summed E-state index contributed by atoms with van der Waals surface area (Å²) in [5, 5.41) is 0. The third-order valence-electron chi connectivity index (χ3n) is 1.10. The van der Waals surface area contributed by atoms with Crippen molar-refractivity contribution in [3.8, 4) is 0 Å². The summed E-state index contributed by atoms with van der Waals surface area (Å²) in [6.07, 6.45) is 3.49. The van der Waals surface area contributed by atoms with Gasteiger partial charge in [-0.25, -0.2) is 0 Å². The molecule has 0 atom stereocenters. The smallest absolute Gasteiger partial charge is 0.0395 e. The number of hydrogen-bond donors (Lipinski definition) is 0. The Morgan fingerprint density at radius 2 is 2.00 bits per heavy atom. The number of anilines is 1. The maximum absolute atomic E-state index is 3.87. The minimum absolute atomic E-state index is 1.07. The predicted octanol–water partition coefficient (Wildman–Crippen LogP) is 1.31. The van der Waals surface area contributed by atoms with Gasteiger partial charge in [0.2, 0.25) is 0 Å². The molecule has 0 amide bonds. The Kier molecular flexibility index (Phi) is 1.68. The molecule has 1 radical (unpaired) electrons. The second-order valence-electron chi connectivity index (χ2n) is 1.90. The van der Waals surface area contributed by atoms with Crippen LogP contribution in [0, 0.1) is 7.05 Å². The standard InChI is InChI=1S/C7H9N2/c1-9(2)7-3-5-8-6-4-7/h3-6H,1H2,2H3. The number of nitrogens with zero attached hydrogens (tertiary/aromatic N) is 2. The summed E-state index contributed by atoms with van der Waals surface area (Å²) in [4.78, 5) is 5.67. The predicted molar refractivity (Wildman–Crippen MR) is 38.0 cm³/mol. The molecule has 9 heavy (non-hydrogen) atoms. The maximum atomic E-state index is 3.87. The fourth-order valence-electron chi connectivity index (χ4n) is 0.599. The molecule has 0 unspecified atom stereocenters. The maximum Gasteiger partial charge on any atom is 0.0395 e. The lowest BCUT2D eigenvalue weighted by Gasteiger charge is -2.09. The monoisotopic (exact) mass is 121 g/mol. The van der Waals surface area contributed by atoms with E-state index in [4.69, 9.17) is 0 Å². The quantitative estimate of drug-likeness (QED) is 0.557. The number of pyridine rings is 1. The first-order valence-electron chi connectivity index (χ1n) is 2.75. The summed E-state index contributed by atoms with van der Waals surface area (Å²) < 4.78 is 0. The summed E-state index contributed by atoms with van der Waals surface area (Å²) in [5.41, 5.74) is 1.07.